The molecule has 1 unspecified atom stereocenters. The number of benzene rings is 1. The number of urea groups is 1. The van der Waals surface area contributed by atoms with E-state index in [0.29, 0.717) is 19.4 Å². The molecule has 1 aromatic carbocycles. The van der Waals surface area contributed by atoms with Gasteiger partial charge in [-0.3, -0.25) is 4.79 Å². The largest absolute Gasteiger partial charge is 0.416 e. The number of rotatable bonds is 2. The van der Waals surface area contributed by atoms with Gasteiger partial charge in [0.15, 0.2) is 0 Å². The molecule has 8 heteroatoms. The van der Waals surface area contributed by atoms with Crippen LogP contribution in [0, 0.1) is 0 Å². The molecule has 1 N–H and O–H groups in total. The fourth-order valence-electron chi connectivity index (χ4n) is 2.53. The van der Waals surface area contributed by atoms with Crippen molar-refractivity contribution in [2.75, 3.05) is 26.0 Å². The standard InChI is InChI=1S/C15H18F3N3O2/c1-20(2)13(22)12-7-4-8-21(12)14(23)19-11-6-3-5-10(9-11)15(16,17)18/h3,5-6,9,12H,4,7-8H2,1-2H3,(H,19,23). The maximum Gasteiger partial charge on any atom is 0.416 e. The van der Waals surface area contributed by atoms with Crippen LogP contribution in [-0.2, 0) is 11.0 Å². The van der Waals surface area contributed by atoms with Crippen LogP contribution < -0.4 is 5.32 Å². The van der Waals surface area contributed by atoms with Gasteiger partial charge >= 0.3 is 12.2 Å². The van der Waals surface area contributed by atoms with Gasteiger partial charge in [-0.2, -0.15) is 13.2 Å². The summed E-state index contributed by atoms with van der Waals surface area (Å²) in [5, 5.41) is 2.44. The van der Waals surface area contributed by atoms with E-state index in [1.165, 1.54) is 21.9 Å². The zero-order valence-corrected chi connectivity index (χ0v) is 12.9. The molecule has 0 aliphatic carbocycles. The lowest BCUT2D eigenvalue weighted by Gasteiger charge is -2.26. The van der Waals surface area contributed by atoms with Crippen molar-refractivity contribution in [2.45, 2.75) is 25.1 Å². The molecule has 0 bridgehead atoms. The highest BCUT2D eigenvalue weighted by Gasteiger charge is 2.35. The summed E-state index contributed by atoms with van der Waals surface area (Å²) < 4.78 is 38.1. The SMILES string of the molecule is CN(C)C(=O)C1CCCN1C(=O)Nc1cccc(C(F)(F)F)c1. The maximum absolute atomic E-state index is 12.7. The Kier molecular flexibility index (Phi) is 4.82. The van der Waals surface area contributed by atoms with Crippen LogP contribution in [0.25, 0.3) is 0 Å². The van der Waals surface area contributed by atoms with Crippen molar-refractivity contribution in [1.29, 1.82) is 0 Å². The van der Waals surface area contributed by atoms with E-state index in [4.69, 9.17) is 0 Å². The van der Waals surface area contributed by atoms with E-state index in [9.17, 15) is 22.8 Å². The molecule has 0 saturated carbocycles. The molecule has 1 saturated heterocycles. The summed E-state index contributed by atoms with van der Waals surface area (Å²) in [5.41, 5.74) is -0.787. The third-order valence-electron chi connectivity index (χ3n) is 3.68. The Labute approximate surface area is 132 Å². The van der Waals surface area contributed by atoms with Gasteiger partial charge in [0.25, 0.3) is 0 Å². The van der Waals surface area contributed by atoms with Gasteiger partial charge in [-0.05, 0) is 31.0 Å². The number of alkyl halides is 3. The van der Waals surface area contributed by atoms with Crippen LogP contribution in [0.5, 0.6) is 0 Å². The van der Waals surface area contributed by atoms with Gasteiger partial charge in [-0.15, -0.1) is 0 Å². The fraction of sp³-hybridized carbons (Fsp3) is 0.467. The smallest absolute Gasteiger partial charge is 0.347 e. The molecule has 1 atom stereocenters. The zero-order chi connectivity index (χ0) is 17.2. The average molecular weight is 329 g/mol. The second-order valence-electron chi connectivity index (χ2n) is 5.59. The second-order valence-corrected chi connectivity index (χ2v) is 5.59. The molecule has 1 aliphatic heterocycles. The average Bonchev–Trinajstić information content (AvgIpc) is 2.95. The summed E-state index contributed by atoms with van der Waals surface area (Å²) in [4.78, 5) is 27.1. The molecule has 0 spiro atoms. The number of likely N-dealkylation sites (tertiary alicyclic amines) is 1. The Morgan fingerprint density at radius 2 is 2.00 bits per heavy atom. The molecule has 2 rings (SSSR count). The van der Waals surface area contributed by atoms with Crippen LogP contribution in [0.1, 0.15) is 18.4 Å². The summed E-state index contributed by atoms with van der Waals surface area (Å²) in [6, 6.07) is 3.27. The first-order chi connectivity index (χ1) is 10.7. The van der Waals surface area contributed by atoms with E-state index in [2.05, 4.69) is 5.32 Å². The predicted octanol–water partition coefficient (Wildman–Crippen LogP) is 2.79. The lowest BCUT2D eigenvalue weighted by molar-refractivity contribution is -0.137. The molecule has 1 aliphatic rings. The zero-order valence-electron chi connectivity index (χ0n) is 12.9. The first-order valence-electron chi connectivity index (χ1n) is 7.16. The molecular formula is C15H18F3N3O2. The lowest BCUT2D eigenvalue weighted by atomic mass is 10.2. The quantitative estimate of drug-likeness (QED) is 0.907. The van der Waals surface area contributed by atoms with Gasteiger partial charge in [0.05, 0.1) is 5.56 Å². The summed E-state index contributed by atoms with van der Waals surface area (Å²) in [6.45, 7) is 0.398. The molecule has 23 heavy (non-hydrogen) atoms. The van der Waals surface area contributed by atoms with Crippen molar-refractivity contribution in [3.63, 3.8) is 0 Å². The van der Waals surface area contributed by atoms with Crippen molar-refractivity contribution in [3.8, 4) is 0 Å². The highest BCUT2D eigenvalue weighted by atomic mass is 19.4. The van der Waals surface area contributed by atoms with Crippen molar-refractivity contribution >= 4 is 17.6 Å². The van der Waals surface area contributed by atoms with Crippen molar-refractivity contribution in [2.24, 2.45) is 0 Å². The van der Waals surface area contributed by atoms with Gasteiger partial charge in [-0.25, -0.2) is 4.79 Å². The van der Waals surface area contributed by atoms with Gasteiger partial charge in [0, 0.05) is 26.3 Å². The number of nitrogens with zero attached hydrogens (tertiary/aromatic N) is 2. The van der Waals surface area contributed by atoms with Gasteiger partial charge in [0.2, 0.25) is 5.91 Å². The predicted molar refractivity (Wildman–Crippen MR) is 78.9 cm³/mol. The minimum absolute atomic E-state index is 0.0489. The van der Waals surface area contributed by atoms with E-state index in [1.54, 1.807) is 14.1 Å². The summed E-state index contributed by atoms with van der Waals surface area (Å²) >= 11 is 0. The van der Waals surface area contributed by atoms with Crippen LogP contribution in [0.3, 0.4) is 0 Å². The van der Waals surface area contributed by atoms with Crippen molar-refractivity contribution < 1.29 is 22.8 Å². The number of nitrogens with one attached hydrogen (secondary N) is 1. The van der Waals surface area contributed by atoms with E-state index >= 15 is 0 Å². The van der Waals surface area contributed by atoms with Crippen LogP contribution in [-0.4, -0.2) is 48.4 Å². The van der Waals surface area contributed by atoms with E-state index in [-0.39, 0.29) is 11.6 Å². The topological polar surface area (TPSA) is 52.7 Å². The first kappa shape index (κ1) is 17.1. The molecule has 3 amide bonds. The number of likely N-dealkylation sites (N-methyl/N-ethyl adjacent to an activating group) is 1. The fourth-order valence-corrected chi connectivity index (χ4v) is 2.53. The van der Waals surface area contributed by atoms with Crippen molar-refractivity contribution in [1.82, 2.24) is 9.80 Å². The number of hydrogen-bond acceptors (Lipinski definition) is 2. The molecule has 126 valence electrons. The molecular weight excluding hydrogens is 311 g/mol. The Bertz CT molecular complexity index is 602. The number of carbonyl (C=O) groups is 2. The third-order valence-corrected chi connectivity index (χ3v) is 3.68. The number of anilines is 1. The first-order valence-corrected chi connectivity index (χ1v) is 7.16. The maximum atomic E-state index is 12.7. The molecule has 0 aromatic heterocycles. The number of halogens is 3. The summed E-state index contributed by atoms with van der Waals surface area (Å²) in [5.74, 6) is -0.193. The van der Waals surface area contributed by atoms with Crippen LogP contribution >= 0.6 is 0 Å². The molecule has 5 nitrogen and oxygen atoms in total. The Morgan fingerprint density at radius 3 is 2.61 bits per heavy atom. The number of hydrogen-bond donors (Lipinski definition) is 1. The number of amides is 3. The van der Waals surface area contributed by atoms with E-state index in [1.807, 2.05) is 0 Å². The van der Waals surface area contributed by atoms with Crippen molar-refractivity contribution in [3.05, 3.63) is 29.8 Å². The van der Waals surface area contributed by atoms with Gasteiger partial charge in [0.1, 0.15) is 6.04 Å². The minimum atomic E-state index is -4.47. The molecule has 1 fully saturated rings. The Balaban J connectivity index is 2.11. The van der Waals surface area contributed by atoms with Crippen LogP contribution in [0.4, 0.5) is 23.7 Å². The molecule has 1 heterocycles. The van der Waals surface area contributed by atoms with Crippen LogP contribution in [0.2, 0.25) is 0 Å². The highest BCUT2D eigenvalue weighted by molar-refractivity contribution is 5.94. The summed E-state index contributed by atoms with van der Waals surface area (Å²) in [7, 11) is 3.20. The minimum Gasteiger partial charge on any atom is -0.347 e. The Hall–Kier alpha value is -2.25. The molecule has 0 radical (unpaired) electrons. The highest BCUT2D eigenvalue weighted by Crippen LogP contribution is 2.31. The van der Waals surface area contributed by atoms with Gasteiger partial charge in [-0.1, -0.05) is 6.07 Å². The van der Waals surface area contributed by atoms with E-state index in [0.717, 1.165) is 12.1 Å². The normalized spacial score (nSPS) is 18.0. The second kappa shape index (κ2) is 6.47. The van der Waals surface area contributed by atoms with E-state index < -0.39 is 23.8 Å². The third kappa shape index (κ3) is 3.94. The summed E-state index contributed by atoms with van der Waals surface area (Å²) in [6.07, 6.45) is -3.24. The van der Waals surface area contributed by atoms with Crippen LogP contribution in [0.15, 0.2) is 24.3 Å². The number of carbonyl (C=O) groups excluding carboxylic acids is 2. The Morgan fingerprint density at radius 1 is 1.30 bits per heavy atom. The molecule has 1 aromatic rings. The monoisotopic (exact) mass is 329 g/mol. The van der Waals surface area contributed by atoms with Gasteiger partial charge < -0.3 is 15.1 Å². The lowest BCUT2D eigenvalue weighted by Crippen LogP contribution is -2.47.